The smallest absolute Gasteiger partial charge is 0.226 e. The average Bonchev–Trinajstić information content (AvgIpc) is 2.34. The van der Waals surface area contributed by atoms with Crippen molar-refractivity contribution in [1.29, 1.82) is 0 Å². The zero-order valence-electron chi connectivity index (χ0n) is 8.76. The maximum absolute atomic E-state index is 11.1. The zero-order chi connectivity index (χ0) is 11.8. The molecule has 1 amide bonds. The Kier molecular flexibility index (Phi) is 4.63. The number of benzene rings is 1. The van der Waals surface area contributed by atoms with Crippen LogP contribution in [0, 0.1) is 0 Å². The van der Waals surface area contributed by atoms with Gasteiger partial charge in [-0.25, -0.2) is 0 Å². The molecule has 0 aliphatic heterocycles. The Labute approximate surface area is 93.4 Å². The topological polar surface area (TPSA) is 77.9 Å². The molecule has 0 fully saturated rings. The number of hydrogen-bond donors (Lipinski definition) is 1. The Balaban J connectivity index is 2.44. The van der Waals surface area contributed by atoms with Crippen LogP contribution >= 0.6 is 0 Å². The third kappa shape index (κ3) is 3.86. The lowest BCUT2D eigenvalue weighted by Crippen LogP contribution is -2.24. The largest absolute Gasteiger partial charge is 0.352 e. The summed E-state index contributed by atoms with van der Waals surface area (Å²) in [5.41, 5.74) is 10.0. The van der Waals surface area contributed by atoms with Crippen molar-refractivity contribution in [2.75, 3.05) is 6.54 Å². The van der Waals surface area contributed by atoms with Crippen LogP contribution in [0.2, 0.25) is 0 Å². The van der Waals surface area contributed by atoms with Crippen LogP contribution in [0.3, 0.4) is 0 Å². The minimum absolute atomic E-state index is 0.165. The normalized spacial score (nSPS) is 9.00. The molecule has 0 bridgehead atoms. The summed E-state index contributed by atoms with van der Waals surface area (Å²) < 4.78 is 0. The van der Waals surface area contributed by atoms with E-state index in [9.17, 15) is 4.79 Å². The first-order chi connectivity index (χ1) is 7.76. The maximum Gasteiger partial charge on any atom is 0.226 e. The second-order valence-electron chi connectivity index (χ2n) is 3.11. The Morgan fingerprint density at radius 2 is 2.19 bits per heavy atom. The summed E-state index contributed by atoms with van der Waals surface area (Å²) in [5.74, 6) is -0.286. The van der Waals surface area contributed by atoms with Crippen molar-refractivity contribution in [2.45, 2.75) is 6.54 Å². The van der Waals surface area contributed by atoms with E-state index in [1.54, 1.807) is 6.08 Å². The van der Waals surface area contributed by atoms with Crippen molar-refractivity contribution in [3.8, 4) is 0 Å². The summed E-state index contributed by atoms with van der Waals surface area (Å²) in [5, 5.41) is 5.81. The molecular weight excluding hydrogens is 204 g/mol. The van der Waals surface area contributed by atoms with Gasteiger partial charge in [0.15, 0.2) is 0 Å². The molecule has 0 spiro atoms. The molecule has 5 heteroatoms. The van der Waals surface area contributed by atoms with Crippen LogP contribution in [0.1, 0.15) is 11.1 Å². The van der Waals surface area contributed by atoms with Gasteiger partial charge in [-0.2, -0.15) is 0 Å². The van der Waals surface area contributed by atoms with Crippen LogP contribution in [0.15, 0.2) is 36.0 Å². The molecule has 0 aromatic heterocycles. The first kappa shape index (κ1) is 11.8. The van der Waals surface area contributed by atoms with Crippen LogP contribution in [0.5, 0.6) is 0 Å². The summed E-state index contributed by atoms with van der Waals surface area (Å²) >= 11 is 0. The third-order valence-electron chi connectivity index (χ3n) is 1.98. The molecule has 0 saturated carbocycles. The van der Waals surface area contributed by atoms with Gasteiger partial charge in [0.25, 0.3) is 0 Å². The summed E-state index contributed by atoms with van der Waals surface area (Å²) in [4.78, 5) is 13.6. The molecule has 0 aliphatic carbocycles. The number of carbonyl (C=O) groups is 1. The Hall–Kier alpha value is -2.26. The van der Waals surface area contributed by atoms with Gasteiger partial charge in [-0.05, 0) is 16.7 Å². The molecule has 82 valence electrons. The predicted octanol–water partition coefficient (Wildman–Crippen LogP) is 2.26. The fraction of sp³-hybridized carbons (Fsp3) is 0.182. The van der Waals surface area contributed by atoms with Crippen LogP contribution in [0.25, 0.3) is 16.5 Å². The lowest BCUT2D eigenvalue weighted by Gasteiger charge is -2.03. The standard InChI is InChI=1S/C11H12N4O/c1-2-9-3-5-10(6-4-9)7-13-11(16)8-14-15-12/h2-6H,1,7-8H2,(H,13,16). The van der Waals surface area contributed by atoms with Gasteiger partial charge in [0.05, 0.1) is 0 Å². The van der Waals surface area contributed by atoms with Crippen molar-refractivity contribution in [2.24, 2.45) is 5.11 Å². The molecule has 0 atom stereocenters. The van der Waals surface area contributed by atoms with Gasteiger partial charge in [0.2, 0.25) is 5.91 Å². The Morgan fingerprint density at radius 3 is 2.75 bits per heavy atom. The van der Waals surface area contributed by atoms with E-state index in [4.69, 9.17) is 5.53 Å². The Bertz CT molecular complexity index is 418. The highest BCUT2D eigenvalue weighted by Gasteiger charge is 1.98. The number of hydrogen-bond acceptors (Lipinski definition) is 2. The quantitative estimate of drug-likeness (QED) is 0.457. The number of azide groups is 1. The average molecular weight is 216 g/mol. The van der Waals surface area contributed by atoms with E-state index in [0.717, 1.165) is 11.1 Å². The van der Waals surface area contributed by atoms with Crippen LogP contribution < -0.4 is 5.32 Å². The van der Waals surface area contributed by atoms with Gasteiger partial charge < -0.3 is 5.32 Å². The van der Waals surface area contributed by atoms with E-state index < -0.39 is 0 Å². The Morgan fingerprint density at radius 1 is 1.50 bits per heavy atom. The van der Waals surface area contributed by atoms with Gasteiger partial charge in [0, 0.05) is 11.5 Å². The second-order valence-corrected chi connectivity index (χ2v) is 3.11. The summed E-state index contributed by atoms with van der Waals surface area (Å²) in [6, 6.07) is 7.65. The van der Waals surface area contributed by atoms with E-state index in [0.29, 0.717) is 6.54 Å². The zero-order valence-corrected chi connectivity index (χ0v) is 8.76. The number of rotatable bonds is 5. The number of amides is 1. The minimum Gasteiger partial charge on any atom is -0.352 e. The van der Waals surface area contributed by atoms with E-state index >= 15 is 0 Å². The molecule has 0 saturated heterocycles. The molecule has 16 heavy (non-hydrogen) atoms. The monoisotopic (exact) mass is 216 g/mol. The highest BCUT2D eigenvalue weighted by Crippen LogP contribution is 2.04. The molecule has 0 aliphatic rings. The molecule has 1 aromatic carbocycles. The molecule has 1 aromatic rings. The van der Waals surface area contributed by atoms with E-state index in [-0.39, 0.29) is 12.5 Å². The SMILES string of the molecule is C=Cc1ccc(CNC(=O)CN=[N+]=[N-])cc1. The van der Waals surface area contributed by atoms with Crippen molar-refractivity contribution in [3.63, 3.8) is 0 Å². The van der Waals surface area contributed by atoms with E-state index in [1.165, 1.54) is 0 Å². The minimum atomic E-state index is -0.286. The molecule has 0 radical (unpaired) electrons. The fourth-order valence-corrected chi connectivity index (χ4v) is 1.12. The van der Waals surface area contributed by atoms with Gasteiger partial charge in [0.1, 0.15) is 6.54 Å². The maximum atomic E-state index is 11.1. The predicted molar refractivity (Wildman–Crippen MR) is 62.4 cm³/mol. The van der Waals surface area contributed by atoms with Crippen molar-refractivity contribution in [3.05, 3.63) is 52.4 Å². The van der Waals surface area contributed by atoms with Crippen molar-refractivity contribution in [1.82, 2.24) is 5.32 Å². The van der Waals surface area contributed by atoms with Gasteiger partial charge in [-0.3, -0.25) is 4.79 Å². The first-order valence-electron chi connectivity index (χ1n) is 4.75. The first-order valence-corrected chi connectivity index (χ1v) is 4.75. The van der Waals surface area contributed by atoms with Gasteiger partial charge in [-0.1, -0.05) is 42.0 Å². The van der Waals surface area contributed by atoms with E-state index in [1.807, 2.05) is 24.3 Å². The van der Waals surface area contributed by atoms with E-state index in [2.05, 4.69) is 21.9 Å². The van der Waals surface area contributed by atoms with Gasteiger partial charge >= 0.3 is 0 Å². The highest BCUT2D eigenvalue weighted by atomic mass is 16.1. The molecule has 1 rings (SSSR count). The fourth-order valence-electron chi connectivity index (χ4n) is 1.12. The lowest BCUT2D eigenvalue weighted by atomic mass is 10.1. The number of nitrogens with zero attached hydrogens (tertiary/aromatic N) is 3. The molecule has 0 heterocycles. The molecule has 1 N–H and O–H groups in total. The van der Waals surface area contributed by atoms with Crippen molar-refractivity contribution < 1.29 is 4.79 Å². The van der Waals surface area contributed by atoms with Crippen LogP contribution in [0.4, 0.5) is 0 Å². The molecule has 5 nitrogen and oxygen atoms in total. The third-order valence-corrected chi connectivity index (χ3v) is 1.98. The lowest BCUT2D eigenvalue weighted by molar-refractivity contribution is -0.119. The molecule has 0 unspecified atom stereocenters. The van der Waals surface area contributed by atoms with Gasteiger partial charge in [-0.15, -0.1) is 0 Å². The van der Waals surface area contributed by atoms with Crippen LogP contribution in [-0.4, -0.2) is 12.5 Å². The van der Waals surface area contributed by atoms with Crippen molar-refractivity contribution >= 4 is 12.0 Å². The molecular formula is C11H12N4O. The number of carbonyl (C=O) groups excluding carboxylic acids is 1. The summed E-state index contributed by atoms with van der Waals surface area (Å²) in [7, 11) is 0. The summed E-state index contributed by atoms with van der Waals surface area (Å²) in [6.07, 6.45) is 1.75. The van der Waals surface area contributed by atoms with Crippen LogP contribution in [-0.2, 0) is 11.3 Å². The summed E-state index contributed by atoms with van der Waals surface area (Å²) in [6.45, 7) is 3.91. The number of nitrogens with one attached hydrogen (secondary N) is 1. The second kappa shape index (κ2) is 6.27. The highest BCUT2D eigenvalue weighted by molar-refractivity contribution is 5.78.